The molecule has 0 unspecified atom stereocenters. The number of rotatable bonds is 8. The number of hydrogen-bond donors (Lipinski definition) is 0. The molecule has 0 saturated heterocycles. The first-order chi connectivity index (χ1) is 6.74. The standard InChI is InChI=1S/C12H26N2/c1-5-8-10-14(11-9-6-2)13-12(4)7-3/h5-11H2,1-4H3. The lowest BCUT2D eigenvalue weighted by Crippen LogP contribution is -2.21. The lowest BCUT2D eigenvalue weighted by molar-refractivity contribution is 0.278. The van der Waals surface area contributed by atoms with E-state index in [0.29, 0.717) is 0 Å². The van der Waals surface area contributed by atoms with Crippen molar-refractivity contribution in [2.45, 2.75) is 59.8 Å². The van der Waals surface area contributed by atoms with E-state index in [4.69, 9.17) is 0 Å². The Bertz CT molecular complexity index is 144. The Morgan fingerprint density at radius 2 is 1.50 bits per heavy atom. The fourth-order valence-electron chi connectivity index (χ4n) is 1.21. The lowest BCUT2D eigenvalue weighted by atomic mass is 10.3. The third-order valence-electron chi connectivity index (χ3n) is 2.36. The molecule has 0 saturated carbocycles. The molecule has 0 N–H and O–H groups in total. The Balaban J connectivity index is 3.95. The highest BCUT2D eigenvalue weighted by atomic mass is 15.4. The van der Waals surface area contributed by atoms with Crippen molar-refractivity contribution in [3.05, 3.63) is 0 Å². The first-order valence-corrected chi connectivity index (χ1v) is 6.03. The summed E-state index contributed by atoms with van der Waals surface area (Å²) in [6.45, 7) is 11.0. The van der Waals surface area contributed by atoms with Gasteiger partial charge in [-0.3, -0.25) is 5.01 Å². The quantitative estimate of drug-likeness (QED) is 0.429. The van der Waals surface area contributed by atoms with Gasteiger partial charge < -0.3 is 0 Å². The van der Waals surface area contributed by atoms with Crippen LogP contribution in [-0.4, -0.2) is 23.8 Å². The van der Waals surface area contributed by atoms with Crippen molar-refractivity contribution < 1.29 is 0 Å². The number of hydrogen-bond acceptors (Lipinski definition) is 2. The molecule has 14 heavy (non-hydrogen) atoms. The molecule has 0 atom stereocenters. The summed E-state index contributed by atoms with van der Waals surface area (Å²) in [7, 11) is 0. The molecule has 0 bridgehead atoms. The second-order valence-corrected chi connectivity index (χ2v) is 3.85. The van der Waals surface area contributed by atoms with Crippen LogP contribution in [-0.2, 0) is 0 Å². The SMILES string of the molecule is CCCCN(CCCC)N=C(C)CC. The van der Waals surface area contributed by atoms with Crippen LogP contribution in [0.15, 0.2) is 5.10 Å². The Morgan fingerprint density at radius 3 is 1.86 bits per heavy atom. The molecule has 0 rings (SSSR count). The molecule has 0 aromatic carbocycles. The largest absolute Gasteiger partial charge is 0.297 e. The fraction of sp³-hybridized carbons (Fsp3) is 0.917. The highest BCUT2D eigenvalue weighted by molar-refractivity contribution is 5.81. The summed E-state index contributed by atoms with van der Waals surface area (Å²) < 4.78 is 0. The predicted octanol–water partition coefficient (Wildman–Crippen LogP) is 3.67. The molecule has 2 heteroatoms. The van der Waals surface area contributed by atoms with Crippen LogP contribution >= 0.6 is 0 Å². The molecule has 0 aromatic heterocycles. The van der Waals surface area contributed by atoms with Gasteiger partial charge in [0.1, 0.15) is 0 Å². The molecule has 0 aromatic rings. The first-order valence-electron chi connectivity index (χ1n) is 6.03. The van der Waals surface area contributed by atoms with Crippen LogP contribution in [0.2, 0.25) is 0 Å². The second-order valence-electron chi connectivity index (χ2n) is 3.85. The van der Waals surface area contributed by atoms with Gasteiger partial charge in [-0.1, -0.05) is 33.6 Å². The maximum atomic E-state index is 4.62. The number of hydrazone groups is 1. The molecule has 0 heterocycles. The van der Waals surface area contributed by atoms with E-state index >= 15 is 0 Å². The molecule has 84 valence electrons. The van der Waals surface area contributed by atoms with Gasteiger partial charge in [-0.15, -0.1) is 0 Å². The Labute approximate surface area is 89.4 Å². The Morgan fingerprint density at radius 1 is 1.00 bits per heavy atom. The highest BCUT2D eigenvalue weighted by Crippen LogP contribution is 2.01. The third kappa shape index (κ3) is 6.93. The van der Waals surface area contributed by atoms with Gasteiger partial charge in [0.2, 0.25) is 0 Å². The maximum absolute atomic E-state index is 4.62. The van der Waals surface area contributed by atoms with Crippen LogP contribution in [0.3, 0.4) is 0 Å². The maximum Gasteiger partial charge on any atom is 0.0360 e. The van der Waals surface area contributed by atoms with Crippen molar-refractivity contribution in [3.8, 4) is 0 Å². The van der Waals surface area contributed by atoms with E-state index in [0.717, 1.165) is 19.5 Å². The average molecular weight is 198 g/mol. The smallest absolute Gasteiger partial charge is 0.0360 e. The van der Waals surface area contributed by atoms with E-state index in [1.54, 1.807) is 0 Å². The van der Waals surface area contributed by atoms with Gasteiger partial charge in [0.25, 0.3) is 0 Å². The number of nitrogens with zero attached hydrogens (tertiary/aromatic N) is 2. The van der Waals surface area contributed by atoms with Crippen molar-refractivity contribution in [2.24, 2.45) is 5.10 Å². The molecule has 2 nitrogen and oxygen atoms in total. The van der Waals surface area contributed by atoms with Crippen LogP contribution in [0.1, 0.15) is 59.8 Å². The van der Waals surface area contributed by atoms with E-state index in [-0.39, 0.29) is 0 Å². The zero-order chi connectivity index (χ0) is 10.8. The summed E-state index contributed by atoms with van der Waals surface area (Å²) in [6, 6.07) is 0. The zero-order valence-electron chi connectivity index (χ0n) is 10.3. The summed E-state index contributed by atoms with van der Waals surface area (Å²) in [5, 5.41) is 6.86. The van der Waals surface area contributed by atoms with E-state index in [1.165, 1.54) is 31.4 Å². The average Bonchev–Trinajstić information content (AvgIpc) is 2.21. The Kier molecular flexibility index (Phi) is 8.70. The zero-order valence-corrected chi connectivity index (χ0v) is 10.3. The fourth-order valence-corrected chi connectivity index (χ4v) is 1.21. The van der Waals surface area contributed by atoms with Crippen LogP contribution in [0.5, 0.6) is 0 Å². The summed E-state index contributed by atoms with van der Waals surface area (Å²) in [6.07, 6.45) is 6.08. The van der Waals surface area contributed by atoms with E-state index in [9.17, 15) is 0 Å². The summed E-state index contributed by atoms with van der Waals surface area (Å²) in [5.41, 5.74) is 1.25. The van der Waals surface area contributed by atoms with Crippen LogP contribution in [0.4, 0.5) is 0 Å². The normalized spacial score (nSPS) is 11.9. The van der Waals surface area contributed by atoms with Gasteiger partial charge in [0, 0.05) is 18.8 Å². The summed E-state index contributed by atoms with van der Waals surface area (Å²) in [5.74, 6) is 0. The second kappa shape index (κ2) is 9.04. The highest BCUT2D eigenvalue weighted by Gasteiger charge is 1.99. The minimum Gasteiger partial charge on any atom is -0.297 e. The van der Waals surface area contributed by atoms with Gasteiger partial charge in [0.15, 0.2) is 0 Å². The van der Waals surface area contributed by atoms with Crippen molar-refractivity contribution in [1.29, 1.82) is 0 Å². The number of unbranched alkanes of at least 4 members (excludes halogenated alkanes) is 2. The van der Waals surface area contributed by atoms with Crippen LogP contribution in [0.25, 0.3) is 0 Å². The van der Waals surface area contributed by atoms with Crippen molar-refractivity contribution in [2.75, 3.05) is 13.1 Å². The van der Waals surface area contributed by atoms with Gasteiger partial charge in [-0.2, -0.15) is 5.10 Å². The van der Waals surface area contributed by atoms with Gasteiger partial charge >= 0.3 is 0 Å². The lowest BCUT2D eigenvalue weighted by Gasteiger charge is -2.19. The minimum atomic E-state index is 1.06. The third-order valence-corrected chi connectivity index (χ3v) is 2.36. The molecule has 0 spiro atoms. The Hall–Kier alpha value is -0.530. The van der Waals surface area contributed by atoms with Gasteiger partial charge in [-0.05, 0) is 26.2 Å². The molecule has 0 radical (unpaired) electrons. The summed E-state index contributed by atoms with van der Waals surface area (Å²) >= 11 is 0. The van der Waals surface area contributed by atoms with Crippen molar-refractivity contribution in [1.82, 2.24) is 5.01 Å². The minimum absolute atomic E-state index is 1.06. The first kappa shape index (κ1) is 13.5. The summed E-state index contributed by atoms with van der Waals surface area (Å²) in [4.78, 5) is 0. The molecular formula is C12H26N2. The van der Waals surface area contributed by atoms with E-state index < -0.39 is 0 Å². The molecule has 0 aliphatic carbocycles. The molecular weight excluding hydrogens is 172 g/mol. The van der Waals surface area contributed by atoms with Crippen LogP contribution < -0.4 is 0 Å². The molecule has 0 aliphatic rings. The topological polar surface area (TPSA) is 15.6 Å². The van der Waals surface area contributed by atoms with Gasteiger partial charge in [-0.25, -0.2) is 0 Å². The molecule has 0 amide bonds. The van der Waals surface area contributed by atoms with E-state index in [1.807, 2.05) is 0 Å². The van der Waals surface area contributed by atoms with Gasteiger partial charge in [0.05, 0.1) is 0 Å². The van der Waals surface area contributed by atoms with E-state index in [2.05, 4.69) is 37.8 Å². The van der Waals surface area contributed by atoms with Crippen molar-refractivity contribution in [3.63, 3.8) is 0 Å². The predicted molar refractivity (Wildman–Crippen MR) is 64.8 cm³/mol. The van der Waals surface area contributed by atoms with Crippen LogP contribution in [0, 0.1) is 0 Å². The molecule has 0 aliphatic heterocycles. The monoisotopic (exact) mass is 198 g/mol. The van der Waals surface area contributed by atoms with Crippen molar-refractivity contribution >= 4 is 5.71 Å². The molecule has 0 fully saturated rings.